The van der Waals surface area contributed by atoms with Crippen molar-refractivity contribution in [1.82, 2.24) is 0 Å². The minimum absolute atomic E-state index is 0.258. The molecule has 2 saturated heterocycles. The third-order valence-electron chi connectivity index (χ3n) is 5.60. The van der Waals surface area contributed by atoms with Crippen molar-refractivity contribution in [2.75, 3.05) is 13.2 Å². The fourth-order valence-corrected chi connectivity index (χ4v) is 3.68. The standard InChI is InChI=1S/C20H28O14/c1-6(23)12-8(24)2-7(31-19-17(29)15(27)13(25)10(4-21)33-19)3-9(12)32-20-18(30)16(28)14(26)11(5-22)34-20/h2-3,10-11,13-22,24-30H,4-5H2,1H3/t10-,11-,13-,14-,15+,16+,17-,18-,19-,20-/m1/s1. The highest BCUT2D eigenvalue weighted by molar-refractivity contribution is 5.99. The number of ketones is 1. The Balaban J connectivity index is 1.89. The van der Waals surface area contributed by atoms with Gasteiger partial charge in [0.2, 0.25) is 12.6 Å². The molecule has 0 aliphatic carbocycles. The number of aromatic hydroxyl groups is 1. The van der Waals surface area contributed by atoms with Gasteiger partial charge < -0.3 is 64.9 Å². The molecule has 2 heterocycles. The minimum Gasteiger partial charge on any atom is -0.507 e. The van der Waals surface area contributed by atoms with Gasteiger partial charge in [0.25, 0.3) is 0 Å². The van der Waals surface area contributed by atoms with Crippen LogP contribution in [0.2, 0.25) is 0 Å². The number of carbonyl (C=O) groups excluding carboxylic acids is 1. The molecule has 10 atom stereocenters. The van der Waals surface area contributed by atoms with Crippen molar-refractivity contribution in [1.29, 1.82) is 0 Å². The Morgan fingerprint density at radius 3 is 1.71 bits per heavy atom. The van der Waals surface area contributed by atoms with Gasteiger partial charge in [-0.1, -0.05) is 0 Å². The maximum absolute atomic E-state index is 12.1. The van der Waals surface area contributed by atoms with Gasteiger partial charge in [-0.25, -0.2) is 0 Å². The second-order valence-electron chi connectivity index (χ2n) is 8.00. The number of hydrogen-bond acceptors (Lipinski definition) is 14. The lowest BCUT2D eigenvalue weighted by Gasteiger charge is -2.40. The summed E-state index contributed by atoms with van der Waals surface area (Å²) >= 11 is 0. The van der Waals surface area contributed by atoms with Crippen LogP contribution < -0.4 is 9.47 Å². The summed E-state index contributed by atoms with van der Waals surface area (Å²) in [6, 6.07) is 2.03. The van der Waals surface area contributed by atoms with Crippen LogP contribution in [0.1, 0.15) is 17.3 Å². The van der Waals surface area contributed by atoms with Gasteiger partial charge in [-0.3, -0.25) is 4.79 Å². The second kappa shape index (κ2) is 10.7. The van der Waals surface area contributed by atoms with Crippen molar-refractivity contribution in [3.8, 4) is 17.2 Å². The van der Waals surface area contributed by atoms with Crippen LogP contribution in [-0.2, 0) is 9.47 Å². The third kappa shape index (κ3) is 5.11. The van der Waals surface area contributed by atoms with E-state index in [2.05, 4.69) is 0 Å². The molecule has 3 rings (SSSR count). The first-order chi connectivity index (χ1) is 16.0. The van der Waals surface area contributed by atoms with Crippen molar-refractivity contribution in [2.45, 2.75) is 68.3 Å². The molecule has 192 valence electrons. The average molecular weight is 492 g/mol. The topological polar surface area (TPSA) is 236 Å². The molecular formula is C20H28O14. The molecule has 0 spiro atoms. The summed E-state index contributed by atoms with van der Waals surface area (Å²) in [6.07, 6.45) is -16.2. The molecule has 2 aliphatic heterocycles. The van der Waals surface area contributed by atoms with E-state index in [0.29, 0.717) is 0 Å². The van der Waals surface area contributed by atoms with E-state index in [9.17, 15) is 50.8 Å². The Labute approximate surface area is 192 Å². The van der Waals surface area contributed by atoms with Gasteiger partial charge in [0.05, 0.1) is 13.2 Å². The highest BCUT2D eigenvalue weighted by atomic mass is 16.7. The molecule has 0 saturated carbocycles. The number of phenolic OH excluding ortho intramolecular Hbond substituents is 1. The van der Waals surface area contributed by atoms with Gasteiger partial charge in [-0.2, -0.15) is 0 Å². The SMILES string of the molecule is CC(=O)c1c(O)cc(O[C@@H]2O[C@H](CO)[C@@H](O)[C@H](O)[C@H]2O)cc1O[C@@H]1O[C@H](CO)[C@@H](O)[C@H](O)[C@H]1O. The van der Waals surface area contributed by atoms with E-state index in [1.54, 1.807) is 0 Å². The van der Waals surface area contributed by atoms with Crippen molar-refractivity contribution in [2.24, 2.45) is 0 Å². The average Bonchev–Trinajstić information content (AvgIpc) is 2.79. The van der Waals surface area contributed by atoms with Gasteiger partial charge in [0, 0.05) is 12.1 Å². The number of aliphatic hydroxyl groups excluding tert-OH is 8. The molecular weight excluding hydrogens is 464 g/mol. The van der Waals surface area contributed by atoms with Crippen molar-refractivity contribution >= 4 is 5.78 Å². The number of Topliss-reactive ketones (excluding diaryl/α,β-unsaturated/α-hetero) is 1. The molecule has 1 aromatic carbocycles. The van der Waals surface area contributed by atoms with Crippen molar-refractivity contribution in [3.63, 3.8) is 0 Å². The molecule has 14 nitrogen and oxygen atoms in total. The summed E-state index contributed by atoms with van der Waals surface area (Å²) in [5, 5.41) is 89.0. The van der Waals surface area contributed by atoms with Crippen LogP contribution >= 0.6 is 0 Å². The first-order valence-electron chi connectivity index (χ1n) is 10.3. The predicted octanol–water partition coefficient (Wildman–Crippen LogP) is -4.05. The Kier molecular flexibility index (Phi) is 8.30. The molecule has 0 unspecified atom stereocenters. The van der Waals surface area contributed by atoms with Crippen molar-refractivity contribution < 1.29 is 69.7 Å². The molecule has 2 aliphatic rings. The number of phenols is 1. The van der Waals surface area contributed by atoms with Crippen LogP contribution in [0, 0.1) is 0 Å². The van der Waals surface area contributed by atoms with E-state index in [-0.39, 0.29) is 11.3 Å². The highest BCUT2D eigenvalue weighted by Gasteiger charge is 2.46. The summed E-state index contributed by atoms with van der Waals surface area (Å²) in [4.78, 5) is 12.1. The number of carbonyl (C=O) groups is 1. The molecule has 2 fully saturated rings. The van der Waals surface area contributed by atoms with Gasteiger partial charge in [-0.05, 0) is 6.92 Å². The van der Waals surface area contributed by atoms with Crippen LogP contribution in [0.25, 0.3) is 0 Å². The van der Waals surface area contributed by atoms with Crippen LogP contribution in [0.3, 0.4) is 0 Å². The van der Waals surface area contributed by atoms with E-state index in [0.717, 1.165) is 19.1 Å². The lowest BCUT2D eigenvalue weighted by atomic mass is 9.99. The number of rotatable bonds is 7. The molecule has 9 N–H and O–H groups in total. The first kappa shape index (κ1) is 26.5. The fraction of sp³-hybridized carbons (Fsp3) is 0.650. The molecule has 1 aromatic rings. The zero-order valence-corrected chi connectivity index (χ0v) is 17.9. The van der Waals surface area contributed by atoms with Crippen LogP contribution in [0.4, 0.5) is 0 Å². The third-order valence-corrected chi connectivity index (χ3v) is 5.60. The van der Waals surface area contributed by atoms with Gasteiger partial charge in [0.1, 0.15) is 71.6 Å². The molecule has 0 amide bonds. The summed E-state index contributed by atoms with van der Waals surface area (Å²) < 4.78 is 21.4. The molecule has 0 bridgehead atoms. The Hall–Kier alpha value is -2.11. The van der Waals surface area contributed by atoms with E-state index >= 15 is 0 Å². The predicted molar refractivity (Wildman–Crippen MR) is 107 cm³/mol. The normalized spacial score (nSPS) is 38.4. The largest absolute Gasteiger partial charge is 0.507 e. The number of aliphatic hydroxyl groups is 8. The quantitative estimate of drug-likeness (QED) is 0.165. The summed E-state index contributed by atoms with van der Waals surface area (Å²) in [6.45, 7) is -0.325. The molecule has 34 heavy (non-hydrogen) atoms. The van der Waals surface area contributed by atoms with E-state index in [1.807, 2.05) is 0 Å². The van der Waals surface area contributed by atoms with Gasteiger partial charge in [0.15, 0.2) is 5.78 Å². The monoisotopic (exact) mass is 492 g/mol. The highest BCUT2D eigenvalue weighted by Crippen LogP contribution is 2.37. The van der Waals surface area contributed by atoms with Crippen LogP contribution in [0.15, 0.2) is 12.1 Å². The Morgan fingerprint density at radius 1 is 0.794 bits per heavy atom. The van der Waals surface area contributed by atoms with E-state index < -0.39 is 91.9 Å². The van der Waals surface area contributed by atoms with E-state index in [1.165, 1.54) is 0 Å². The second-order valence-corrected chi connectivity index (χ2v) is 8.00. The zero-order valence-electron chi connectivity index (χ0n) is 17.9. The number of ether oxygens (including phenoxy) is 4. The smallest absolute Gasteiger partial charge is 0.229 e. The summed E-state index contributed by atoms with van der Waals surface area (Å²) in [5.74, 6) is -1.96. The van der Waals surface area contributed by atoms with Gasteiger partial charge in [-0.15, -0.1) is 0 Å². The lowest BCUT2D eigenvalue weighted by molar-refractivity contribution is -0.278. The minimum atomic E-state index is -1.81. The van der Waals surface area contributed by atoms with Crippen molar-refractivity contribution in [3.05, 3.63) is 17.7 Å². The van der Waals surface area contributed by atoms with E-state index in [4.69, 9.17) is 18.9 Å². The number of hydrogen-bond donors (Lipinski definition) is 9. The summed E-state index contributed by atoms with van der Waals surface area (Å²) in [5.41, 5.74) is -0.363. The number of benzene rings is 1. The van der Waals surface area contributed by atoms with Crippen LogP contribution in [0.5, 0.6) is 17.2 Å². The molecule has 14 heteroatoms. The Morgan fingerprint density at radius 2 is 1.26 bits per heavy atom. The fourth-order valence-electron chi connectivity index (χ4n) is 3.68. The van der Waals surface area contributed by atoms with Gasteiger partial charge >= 0.3 is 0 Å². The molecule has 0 radical (unpaired) electrons. The zero-order chi connectivity index (χ0) is 25.3. The maximum atomic E-state index is 12.1. The summed E-state index contributed by atoms with van der Waals surface area (Å²) in [7, 11) is 0. The Bertz CT molecular complexity index is 860. The first-order valence-corrected chi connectivity index (χ1v) is 10.3. The maximum Gasteiger partial charge on any atom is 0.229 e. The van der Waals surface area contributed by atoms with Crippen LogP contribution in [-0.4, -0.2) is 126 Å². The molecule has 0 aromatic heterocycles. The lowest BCUT2D eigenvalue weighted by Crippen LogP contribution is -2.60.